The van der Waals surface area contributed by atoms with E-state index in [9.17, 15) is 0 Å². The van der Waals surface area contributed by atoms with E-state index < -0.39 is 0 Å². The monoisotopic (exact) mass is 372 g/mol. The molecule has 0 spiro atoms. The van der Waals surface area contributed by atoms with Gasteiger partial charge in [0.15, 0.2) is 0 Å². The van der Waals surface area contributed by atoms with Crippen molar-refractivity contribution in [1.29, 1.82) is 0 Å². The Hall–Kier alpha value is -3.58. The minimum absolute atomic E-state index is 0.469. The topological polar surface area (TPSA) is 73.9 Å². The largest absolute Gasteiger partial charge is 0.438 e. The van der Waals surface area contributed by atoms with E-state index in [4.69, 9.17) is 9.15 Å². The van der Waals surface area contributed by atoms with Gasteiger partial charge in [-0.05, 0) is 35.9 Å². The molecule has 130 valence electrons. The molecule has 2 aromatic carbocycles. The molecule has 0 radical (unpaired) electrons. The number of aromatic nitrogens is 4. The molecule has 0 unspecified atom stereocenters. The molecule has 0 aliphatic heterocycles. The van der Waals surface area contributed by atoms with Crippen molar-refractivity contribution in [3.05, 3.63) is 73.4 Å². The number of hydrogen-bond donors (Lipinski definition) is 0. The van der Waals surface area contributed by atoms with Crippen LogP contribution >= 0.6 is 11.3 Å². The summed E-state index contributed by atoms with van der Waals surface area (Å²) in [5.41, 5.74) is 1.98. The zero-order valence-electron chi connectivity index (χ0n) is 13.9. The molecule has 3 heterocycles. The lowest BCUT2D eigenvalue weighted by Crippen LogP contribution is -1.89. The summed E-state index contributed by atoms with van der Waals surface area (Å²) in [5.74, 6) is 1.67. The summed E-state index contributed by atoms with van der Waals surface area (Å²) in [6, 6.07) is 19.7. The van der Waals surface area contributed by atoms with Crippen LogP contribution in [0.2, 0.25) is 0 Å². The molecule has 0 fully saturated rings. The standard InChI is InChI=1S/C20H12N4O2S/c1-2-4-13(5-3-1)17-10-16-19(21-11-22-20(16)27-17)26-15-8-6-14(7-9-15)18-24-23-12-25-18/h1-12H. The van der Waals surface area contributed by atoms with E-state index in [-0.39, 0.29) is 0 Å². The SMILES string of the molecule is c1ccc(-c2cc3c(Oc4ccc(-c5nnco5)cc4)ncnc3s2)cc1. The van der Waals surface area contributed by atoms with Crippen LogP contribution in [0.1, 0.15) is 0 Å². The van der Waals surface area contributed by atoms with E-state index in [1.807, 2.05) is 42.5 Å². The predicted molar refractivity (Wildman–Crippen MR) is 103 cm³/mol. The third-order valence-electron chi connectivity index (χ3n) is 4.03. The number of benzene rings is 2. The average molecular weight is 372 g/mol. The number of thiophene rings is 1. The van der Waals surface area contributed by atoms with Gasteiger partial charge in [-0.25, -0.2) is 9.97 Å². The summed E-state index contributed by atoms with van der Waals surface area (Å²) in [4.78, 5) is 10.7. The maximum Gasteiger partial charge on any atom is 0.247 e. The highest BCUT2D eigenvalue weighted by Gasteiger charge is 2.12. The highest BCUT2D eigenvalue weighted by Crippen LogP contribution is 2.37. The number of hydrogen-bond acceptors (Lipinski definition) is 7. The third kappa shape index (κ3) is 3.04. The first-order valence-electron chi connectivity index (χ1n) is 8.21. The molecule has 6 nitrogen and oxygen atoms in total. The number of nitrogens with zero attached hydrogens (tertiary/aromatic N) is 4. The van der Waals surface area contributed by atoms with Crippen LogP contribution in [0.25, 0.3) is 32.1 Å². The Bertz CT molecular complexity index is 1190. The lowest BCUT2D eigenvalue weighted by Gasteiger charge is -2.05. The van der Waals surface area contributed by atoms with E-state index in [0.717, 1.165) is 26.2 Å². The van der Waals surface area contributed by atoms with Gasteiger partial charge < -0.3 is 9.15 Å². The molecular formula is C20H12N4O2S. The minimum Gasteiger partial charge on any atom is -0.438 e. The molecule has 5 rings (SSSR count). The van der Waals surface area contributed by atoms with Gasteiger partial charge in [-0.1, -0.05) is 30.3 Å². The lowest BCUT2D eigenvalue weighted by molar-refractivity contribution is 0.468. The lowest BCUT2D eigenvalue weighted by atomic mass is 10.2. The highest BCUT2D eigenvalue weighted by atomic mass is 32.1. The molecule has 0 bridgehead atoms. The molecule has 3 aromatic heterocycles. The molecule has 0 aliphatic carbocycles. The van der Waals surface area contributed by atoms with Crippen LogP contribution in [0.15, 0.2) is 77.8 Å². The van der Waals surface area contributed by atoms with E-state index in [0.29, 0.717) is 17.5 Å². The first-order valence-corrected chi connectivity index (χ1v) is 9.03. The Labute approximate surface area is 158 Å². The molecule has 0 aliphatic rings. The van der Waals surface area contributed by atoms with Crippen molar-refractivity contribution in [3.8, 4) is 33.5 Å². The Morgan fingerprint density at radius 1 is 0.889 bits per heavy atom. The average Bonchev–Trinajstić information content (AvgIpc) is 3.40. The molecule has 27 heavy (non-hydrogen) atoms. The highest BCUT2D eigenvalue weighted by molar-refractivity contribution is 7.21. The predicted octanol–water partition coefficient (Wildman–Crippen LogP) is 5.20. The summed E-state index contributed by atoms with van der Waals surface area (Å²) >= 11 is 1.62. The van der Waals surface area contributed by atoms with Crippen LogP contribution in [0.5, 0.6) is 11.6 Å². The second kappa shape index (κ2) is 6.62. The first-order chi connectivity index (χ1) is 13.4. The van der Waals surface area contributed by atoms with E-state index in [1.165, 1.54) is 12.7 Å². The molecule has 0 amide bonds. The summed E-state index contributed by atoms with van der Waals surface area (Å²) in [5, 5.41) is 8.47. The fourth-order valence-corrected chi connectivity index (χ4v) is 3.73. The Kier molecular flexibility index (Phi) is 3.84. The quantitative estimate of drug-likeness (QED) is 0.432. The smallest absolute Gasteiger partial charge is 0.247 e. The van der Waals surface area contributed by atoms with Gasteiger partial charge in [-0.3, -0.25) is 0 Å². The van der Waals surface area contributed by atoms with Gasteiger partial charge in [0.25, 0.3) is 0 Å². The maximum atomic E-state index is 6.00. The maximum absolute atomic E-state index is 6.00. The van der Waals surface area contributed by atoms with Gasteiger partial charge in [0.2, 0.25) is 18.2 Å². The van der Waals surface area contributed by atoms with Crippen molar-refractivity contribution in [1.82, 2.24) is 20.2 Å². The Balaban J connectivity index is 1.47. The van der Waals surface area contributed by atoms with E-state index >= 15 is 0 Å². The Morgan fingerprint density at radius 2 is 1.74 bits per heavy atom. The van der Waals surface area contributed by atoms with Crippen LogP contribution in [0, 0.1) is 0 Å². The van der Waals surface area contributed by atoms with Crippen LogP contribution in [0.3, 0.4) is 0 Å². The molecule has 0 saturated heterocycles. The number of rotatable bonds is 4. The van der Waals surface area contributed by atoms with Crippen LogP contribution in [0.4, 0.5) is 0 Å². The zero-order chi connectivity index (χ0) is 18.1. The molecule has 7 heteroatoms. The van der Waals surface area contributed by atoms with Crippen LogP contribution in [-0.2, 0) is 0 Å². The van der Waals surface area contributed by atoms with Crippen molar-refractivity contribution >= 4 is 21.6 Å². The third-order valence-corrected chi connectivity index (χ3v) is 5.12. The molecule has 5 aromatic rings. The molecule has 0 atom stereocenters. The molecule has 0 saturated carbocycles. The summed E-state index contributed by atoms with van der Waals surface area (Å²) in [6.45, 7) is 0. The van der Waals surface area contributed by atoms with E-state index in [2.05, 4.69) is 38.4 Å². The minimum atomic E-state index is 0.469. The van der Waals surface area contributed by atoms with Gasteiger partial charge in [-0.15, -0.1) is 21.5 Å². The molecule has 0 N–H and O–H groups in total. The van der Waals surface area contributed by atoms with Crippen molar-refractivity contribution in [2.75, 3.05) is 0 Å². The Morgan fingerprint density at radius 3 is 2.52 bits per heavy atom. The van der Waals surface area contributed by atoms with Gasteiger partial charge in [0, 0.05) is 10.4 Å². The first kappa shape index (κ1) is 15.7. The number of fused-ring (bicyclic) bond motifs is 1. The van der Waals surface area contributed by atoms with Gasteiger partial charge in [-0.2, -0.15) is 0 Å². The fraction of sp³-hybridized carbons (Fsp3) is 0. The second-order valence-corrected chi connectivity index (χ2v) is 6.78. The summed E-state index contributed by atoms with van der Waals surface area (Å²) < 4.78 is 11.2. The van der Waals surface area contributed by atoms with Crippen molar-refractivity contribution < 1.29 is 9.15 Å². The normalized spacial score (nSPS) is 11.0. The van der Waals surface area contributed by atoms with Gasteiger partial charge in [0.1, 0.15) is 16.9 Å². The van der Waals surface area contributed by atoms with Crippen LogP contribution in [-0.4, -0.2) is 20.2 Å². The van der Waals surface area contributed by atoms with Crippen LogP contribution < -0.4 is 4.74 Å². The van der Waals surface area contributed by atoms with Crippen molar-refractivity contribution in [2.24, 2.45) is 0 Å². The number of ether oxygens (including phenoxy) is 1. The van der Waals surface area contributed by atoms with Gasteiger partial charge >= 0.3 is 0 Å². The summed E-state index contributed by atoms with van der Waals surface area (Å²) in [6.07, 6.45) is 2.83. The molecular weight excluding hydrogens is 360 g/mol. The summed E-state index contributed by atoms with van der Waals surface area (Å²) in [7, 11) is 0. The van der Waals surface area contributed by atoms with E-state index in [1.54, 1.807) is 11.3 Å². The fourth-order valence-electron chi connectivity index (χ4n) is 2.74. The van der Waals surface area contributed by atoms with Crippen molar-refractivity contribution in [3.63, 3.8) is 0 Å². The van der Waals surface area contributed by atoms with Crippen molar-refractivity contribution in [2.45, 2.75) is 0 Å². The second-order valence-electron chi connectivity index (χ2n) is 5.74. The van der Waals surface area contributed by atoms with Gasteiger partial charge in [0.05, 0.1) is 5.39 Å². The zero-order valence-corrected chi connectivity index (χ0v) is 14.8.